The number of halogens is 2. The largest absolute Gasteiger partial charge is 0.457 e. The van der Waals surface area contributed by atoms with Gasteiger partial charge in [0.25, 0.3) is 0 Å². The van der Waals surface area contributed by atoms with Gasteiger partial charge in [0.05, 0.1) is 9.92 Å². The predicted octanol–water partition coefficient (Wildman–Crippen LogP) is 6.06. The molecule has 0 aliphatic heterocycles. The Morgan fingerprint density at radius 3 is 2.31 bits per heavy atom. The van der Waals surface area contributed by atoms with Crippen molar-refractivity contribution in [3.63, 3.8) is 0 Å². The van der Waals surface area contributed by atoms with Gasteiger partial charge in [-0.25, -0.2) is 13.6 Å². The zero-order valence-electron chi connectivity index (χ0n) is 16.3. The van der Waals surface area contributed by atoms with E-state index in [1.807, 2.05) is 0 Å². The van der Waals surface area contributed by atoms with Crippen LogP contribution in [-0.4, -0.2) is 14.2 Å². The second-order valence-electron chi connectivity index (χ2n) is 6.76. The van der Waals surface area contributed by atoms with Crippen LogP contribution in [0.5, 0.6) is 0 Å². The summed E-state index contributed by atoms with van der Waals surface area (Å²) in [4.78, 5) is 12.5. The Hall–Kier alpha value is -3.10. The molecule has 0 saturated carbocycles. The highest BCUT2D eigenvalue weighted by molar-refractivity contribution is 7.89. The Kier molecular flexibility index (Phi) is 6.08. The molecule has 4 rings (SSSR count). The van der Waals surface area contributed by atoms with Crippen LogP contribution in [0.15, 0.2) is 86.5 Å². The van der Waals surface area contributed by atoms with Gasteiger partial charge in [0.15, 0.2) is 5.76 Å². The number of ketones is 1. The van der Waals surface area contributed by atoms with E-state index in [0.29, 0.717) is 38.5 Å². The number of sulfonamides is 1. The van der Waals surface area contributed by atoms with Gasteiger partial charge in [-0.05, 0) is 78.9 Å². The smallest absolute Gasteiger partial charge is 0.238 e. The molecule has 0 fully saturated rings. The molecule has 2 aromatic carbocycles. The van der Waals surface area contributed by atoms with Crippen molar-refractivity contribution in [1.29, 1.82) is 0 Å². The summed E-state index contributed by atoms with van der Waals surface area (Å²) in [5.74, 6) is 1.16. The maximum Gasteiger partial charge on any atom is 0.238 e. The lowest BCUT2D eigenvalue weighted by Crippen LogP contribution is -2.11. The fraction of sp³-hybridized carbons (Fsp3) is 0. The standard InChI is InChI=1S/C23H15Cl2NO5S/c24-15-3-8-19(25)18(13-15)22-11-12-23(31-22)20(27)9-4-16-5-10-21(30-16)14-1-6-17(7-2-14)32(26,28)29/h1-13H,(H2,26,28,29). The Labute approximate surface area is 193 Å². The fourth-order valence-electron chi connectivity index (χ4n) is 2.95. The molecule has 0 aliphatic rings. The van der Waals surface area contributed by atoms with Crippen molar-refractivity contribution in [2.75, 3.05) is 0 Å². The molecule has 0 spiro atoms. The van der Waals surface area contributed by atoms with Crippen molar-refractivity contribution >= 4 is 45.1 Å². The zero-order valence-corrected chi connectivity index (χ0v) is 18.6. The van der Waals surface area contributed by atoms with Gasteiger partial charge in [0, 0.05) is 16.1 Å². The Morgan fingerprint density at radius 1 is 0.875 bits per heavy atom. The van der Waals surface area contributed by atoms with Crippen LogP contribution in [0.2, 0.25) is 10.0 Å². The maximum atomic E-state index is 12.5. The highest BCUT2D eigenvalue weighted by Crippen LogP contribution is 2.32. The molecule has 0 unspecified atom stereocenters. The summed E-state index contributed by atoms with van der Waals surface area (Å²) in [6.45, 7) is 0. The lowest BCUT2D eigenvalue weighted by atomic mass is 10.2. The second-order valence-corrected chi connectivity index (χ2v) is 9.16. The summed E-state index contributed by atoms with van der Waals surface area (Å²) in [5, 5.41) is 6.06. The quantitative estimate of drug-likeness (QED) is 0.263. The molecule has 6 nitrogen and oxygen atoms in total. The fourth-order valence-corrected chi connectivity index (χ4v) is 3.85. The molecule has 0 atom stereocenters. The van der Waals surface area contributed by atoms with Gasteiger partial charge in [-0.1, -0.05) is 23.2 Å². The number of carbonyl (C=O) groups is 1. The van der Waals surface area contributed by atoms with Crippen molar-refractivity contribution in [2.24, 2.45) is 5.14 Å². The van der Waals surface area contributed by atoms with Crippen molar-refractivity contribution in [3.8, 4) is 22.6 Å². The van der Waals surface area contributed by atoms with Crippen LogP contribution in [0, 0.1) is 0 Å². The third-order valence-corrected chi connectivity index (χ3v) is 6.03. The molecule has 0 saturated heterocycles. The van der Waals surface area contributed by atoms with Crippen molar-refractivity contribution in [2.45, 2.75) is 4.90 Å². The molecular weight excluding hydrogens is 473 g/mol. The first-order valence-corrected chi connectivity index (χ1v) is 11.5. The van der Waals surface area contributed by atoms with E-state index < -0.39 is 10.0 Å². The van der Waals surface area contributed by atoms with Crippen LogP contribution in [0.3, 0.4) is 0 Å². The van der Waals surface area contributed by atoms with Gasteiger partial charge in [-0.2, -0.15) is 0 Å². The first-order valence-electron chi connectivity index (χ1n) is 9.21. The number of rotatable bonds is 6. The third kappa shape index (κ3) is 4.87. The molecule has 0 radical (unpaired) electrons. The van der Waals surface area contributed by atoms with Crippen LogP contribution < -0.4 is 5.14 Å². The van der Waals surface area contributed by atoms with E-state index in [2.05, 4.69) is 0 Å². The van der Waals surface area contributed by atoms with Gasteiger partial charge in [-0.3, -0.25) is 4.79 Å². The molecule has 0 bridgehead atoms. The van der Waals surface area contributed by atoms with Crippen molar-refractivity contribution in [1.82, 2.24) is 0 Å². The normalized spacial score (nSPS) is 11.8. The van der Waals surface area contributed by atoms with E-state index >= 15 is 0 Å². The van der Waals surface area contributed by atoms with Crippen LogP contribution >= 0.6 is 23.2 Å². The summed E-state index contributed by atoms with van der Waals surface area (Å²) in [7, 11) is -3.76. The molecule has 2 heterocycles. The molecule has 2 aromatic heterocycles. The molecule has 9 heteroatoms. The van der Waals surface area contributed by atoms with Crippen molar-refractivity contribution < 1.29 is 22.0 Å². The summed E-state index contributed by atoms with van der Waals surface area (Å²) >= 11 is 12.2. The third-order valence-electron chi connectivity index (χ3n) is 4.54. The van der Waals surface area contributed by atoms with Gasteiger partial charge in [0.2, 0.25) is 15.8 Å². The SMILES string of the molecule is NS(=O)(=O)c1ccc(-c2ccc(C=CC(=O)c3ccc(-c4cc(Cl)ccc4Cl)o3)o2)cc1. The molecule has 162 valence electrons. The first-order chi connectivity index (χ1) is 15.2. The minimum atomic E-state index is -3.76. The van der Waals surface area contributed by atoms with E-state index in [9.17, 15) is 13.2 Å². The second kappa shape index (κ2) is 8.80. The molecule has 2 N–H and O–H groups in total. The Morgan fingerprint density at radius 2 is 1.59 bits per heavy atom. The maximum absolute atomic E-state index is 12.5. The predicted molar refractivity (Wildman–Crippen MR) is 123 cm³/mol. The number of carbonyl (C=O) groups excluding carboxylic acids is 1. The van der Waals surface area contributed by atoms with Crippen LogP contribution in [0.25, 0.3) is 28.7 Å². The average molecular weight is 488 g/mol. The highest BCUT2D eigenvalue weighted by atomic mass is 35.5. The minimum absolute atomic E-state index is 0.00963. The van der Waals surface area contributed by atoms with Gasteiger partial charge >= 0.3 is 0 Å². The van der Waals surface area contributed by atoms with Crippen LogP contribution in [0.4, 0.5) is 0 Å². The van der Waals surface area contributed by atoms with Crippen molar-refractivity contribution in [3.05, 3.63) is 94.4 Å². The molecule has 0 aliphatic carbocycles. The lowest BCUT2D eigenvalue weighted by molar-refractivity contribution is 0.102. The van der Waals surface area contributed by atoms with Gasteiger partial charge < -0.3 is 8.83 Å². The monoisotopic (exact) mass is 487 g/mol. The topological polar surface area (TPSA) is 104 Å². The highest BCUT2D eigenvalue weighted by Gasteiger charge is 2.13. The number of hydrogen-bond acceptors (Lipinski definition) is 5. The number of benzene rings is 2. The number of allylic oxidation sites excluding steroid dienone is 1. The lowest BCUT2D eigenvalue weighted by Gasteiger charge is -2.01. The van der Waals surface area contributed by atoms with E-state index in [0.717, 1.165) is 0 Å². The number of hydrogen-bond donors (Lipinski definition) is 1. The zero-order chi connectivity index (χ0) is 22.9. The molecule has 32 heavy (non-hydrogen) atoms. The summed E-state index contributed by atoms with van der Waals surface area (Å²) in [6.07, 6.45) is 2.84. The number of primary sulfonamides is 1. The van der Waals surface area contributed by atoms with Crippen LogP contribution in [0.1, 0.15) is 16.3 Å². The Balaban J connectivity index is 1.49. The summed E-state index contributed by atoms with van der Waals surface area (Å²) in [5.41, 5.74) is 1.25. The van der Waals surface area contributed by atoms with Gasteiger partial charge in [0.1, 0.15) is 17.3 Å². The Bertz CT molecular complexity index is 1430. The molecule has 0 amide bonds. The summed E-state index contributed by atoms with van der Waals surface area (Å²) < 4.78 is 34.1. The average Bonchev–Trinajstić information content (AvgIpc) is 3.43. The molecule has 4 aromatic rings. The van der Waals surface area contributed by atoms with E-state index in [-0.39, 0.29) is 16.4 Å². The number of nitrogens with two attached hydrogens (primary N) is 1. The minimum Gasteiger partial charge on any atom is -0.457 e. The van der Waals surface area contributed by atoms with E-state index in [1.165, 1.54) is 24.3 Å². The summed E-state index contributed by atoms with van der Waals surface area (Å²) in [6, 6.07) is 17.5. The van der Waals surface area contributed by atoms with E-state index in [1.54, 1.807) is 54.6 Å². The number of furan rings is 2. The molecular formula is C23H15Cl2NO5S. The first kappa shape index (κ1) is 22.1. The van der Waals surface area contributed by atoms with Crippen LogP contribution in [-0.2, 0) is 10.0 Å². The van der Waals surface area contributed by atoms with Gasteiger partial charge in [-0.15, -0.1) is 0 Å². The van der Waals surface area contributed by atoms with E-state index in [4.69, 9.17) is 37.2 Å².